The van der Waals surface area contributed by atoms with Crippen LogP contribution in [0.4, 0.5) is 0 Å². The minimum Gasteiger partial charge on any atom is -0.378 e. The Labute approximate surface area is 116 Å². The summed E-state index contributed by atoms with van der Waals surface area (Å²) in [5.41, 5.74) is 5.43. The standard InChI is InChI=1S/C14H28N2O3/c1-2-3-10-18-12-14(17)16-8-5-13(6-9-16)19-11-4-7-15/h13H,2-12,15H2,1H3. The van der Waals surface area contributed by atoms with Crippen molar-refractivity contribution in [3.8, 4) is 0 Å². The Bertz CT molecular complexity index is 241. The van der Waals surface area contributed by atoms with Crippen molar-refractivity contribution in [3.05, 3.63) is 0 Å². The van der Waals surface area contributed by atoms with Crippen molar-refractivity contribution in [2.75, 3.05) is 39.5 Å². The molecule has 1 aliphatic rings. The van der Waals surface area contributed by atoms with Gasteiger partial charge in [0.15, 0.2) is 0 Å². The second-order valence-corrected chi connectivity index (χ2v) is 5.00. The second-order valence-electron chi connectivity index (χ2n) is 5.00. The van der Waals surface area contributed by atoms with Gasteiger partial charge < -0.3 is 20.1 Å². The molecular formula is C14H28N2O3. The number of unbranched alkanes of at least 4 members (excludes halogenated alkanes) is 1. The largest absolute Gasteiger partial charge is 0.378 e. The maximum atomic E-state index is 11.9. The Morgan fingerprint density at radius 2 is 2.00 bits per heavy atom. The normalized spacial score (nSPS) is 16.8. The van der Waals surface area contributed by atoms with E-state index in [9.17, 15) is 4.79 Å². The lowest BCUT2D eigenvalue weighted by atomic mass is 10.1. The number of ether oxygens (including phenoxy) is 2. The summed E-state index contributed by atoms with van der Waals surface area (Å²) >= 11 is 0. The van der Waals surface area contributed by atoms with Gasteiger partial charge in [-0.1, -0.05) is 13.3 Å². The van der Waals surface area contributed by atoms with E-state index >= 15 is 0 Å². The number of hydrogen-bond acceptors (Lipinski definition) is 4. The van der Waals surface area contributed by atoms with E-state index in [4.69, 9.17) is 15.2 Å². The maximum absolute atomic E-state index is 11.9. The fraction of sp³-hybridized carbons (Fsp3) is 0.929. The van der Waals surface area contributed by atoms with E-state index in [1.165, 1.54) is 0 Å². The third-order valence-electron chi connectivity index (χ3n) is 3.36. The van der Waals surface area contributed by atoms with Crippen LogP contribution in [0.3, 0.4) is 0 Å². The van der Waals surface area contributed by atoms with E-state index in [-0.39, 0.29) is 18.6 Å². The van der Waals surface area contributed by atoms with Crippen LogP contribution >= 0.6 is 0 Å². The molecule has 5 heteroatoms. The highest BCUT2D eigenvalue weighted by molar-refractivity contribution is 5.77. The number of nitrogens with zero attached hydrogens (tertiary/aromatic N) is 1. The van der Waals surface area contributed by atoms with Crippen molar-refractivity contribution in [2.24, 2.45) is 5.73 Å². The minimum absolute atomic E-state index is 0.108. The molecule has 0 spiro atoms. The van der Waals surface area contributed by atoms with Crippen LogP contribution in [0.25, 0.3) is 0 Å². The first kappa shape index (κ1) is 16.4. The lowest BCUT2D eigenvalue weighted by Gasteiger charge is -2.32. The lowest BCUT2D eigenvalue weighted by Crippen LogP contribution is -2.42. The molecule has 0 aromatic heterocycles. The molecule has 1 fully saturated rings. The van der Waals surface area contributed by atoms with Crippen LogP contribution in [0.5, 0.6) is 0 Å². The number of piperidine rings is 1. The molecule has 0 bridgehead atoms. The molecule has 0 aliphatic carbocycles. The van der Waals surface area contributed by atoms with Gasteiger partial charge in [-0.15, -0.1) is 0 Å². The molecule has 112 valence electrons. The van der Waals surface area contributed by atoms with Gasteiger partial charge in [-0.2, -0.15) is 0 Å². The molecule has 0 saturated carbocycles. The smallest absolute Gasteiger partial charge is 0.248 e. The van der Waals surface area contributed by atoms with E-state index in [1.807, 2.05) is 4.90 Å². The van der Waals surface area contributed by atoms with Gasteiger partial charge in [0.1, 0.15) is 6.61 Å². The number of hydrogen-bond donors (Lipinski definition) is 1. The van der Waals surface area contributed by atoms with Gasteiger partial charge in [0.05, 0.1) is 6.10 Å². The van der Waals surface area contributed by atoms with Crippen molar-refractivity contribution >= 4 is 5.91 Å². The summed E-state index contributed by atoms with van der Waals surface area (Å²) in [5, 5.41) is 0. The van der Waals surface area contributed by atoms with E-state index in [2.05, 4.69) is 6.92 Å². The van der Waals surface area contributed by atoms with Crippen LogP contribution in [-0.4, -0.2) is 56.4 Å². The first-order valence-electron chi connectivity index (χ1n) is 7.45. The number of carbonyl (C=O) groups is 1. The summed E-state index contributed by atoms with van der Waals surface area (Å²) in [7, 11) is 0. The topological polar surface area (TPSA) is 64.8 Å². The van der Waals surface area contributed by atoms with Crippen molar-refractivity contribution in [3.63, 3.8) is 0 Å². The molecule has 1 heterocycles. The zero-order valence-corrected chi connectivity index (χ0v) is 12.1. The number of amides is 1. The highest BCUT2D eigenvalue weighted by Gasteiger charge is 2.22. The predicted octanol–water partition coefficient (Wildman–Crippen LogP) is 1.16. The molecule has 0 aromatic rings. The van der Waals surface area contributed by atoms with Crippen LogP contribution in [0.1, 0.15) is 39.0 Å². The van der Waals surface area contributed by atoms with E-state index < -0.39 is 0 Å². The highest BCUT2D eigenvalue weighted by atomic mass is 16.5. The quantitative estimate of drug-likeness (QED) is 0.640. The van der Waals surface area contributed by atoms with Crippen LogP contribution < -0.4 is 5.73 Å². The summed E-state index contributed by atoms with van der Waals surface area (Å²) in [5.74, 6) is 0.108. The molecule has 0 unspecified atom stereocenters. The predicted molar refractivity (Wildman–Crippen MR) is 75.0 cm³/mol. The van der Waals surface area contributed by atoms with Crippen LogP contribution in [0.2, 0.25) is 0 Å². The molecule has 2 N–H and O–H groups in total. The maximum Gasteiger partial charge on any atom is 0.248 e. The third-order valence-corrected chi connectivity index (χ3v) is 3.36. The number of rotatable bonds is 9. The van der Waals surface area contributed by atoms with Crippen molar-refractivity contribution < 1.29 is 14.3 Å². The monoisotopic (exact) mass is 272 g/mol. The molecular weight excluding hydrogens is 244 g/mol. The number of likely N-dealkylation sites (tertiary alicyclic amines) is 1. The summed E-state index contributed by atoms with van der Waals surface area (Å²) < 4.78 is 11.1. The summed E-state index contributed by atoms with van der Waals surface area (Å²) in [4.78, 5) is 13.8. The molecule has 5 nitrogen and oxygen atoms in total. The molecule has 0 atom stereocenters. The first-order valence-corrected chi connectivity index (χ1v) is 7.45. The zero-order valence-electron chi connectivity index (χ0n) is 12.1. The van der Waals surface area contributed by atoms with Gasteiger partial charge in [-0.3, -0.25) is 4.79 Å². The van der Waals surface area contributed by atoms with Gasteiger partial charge in [-0.05, 0) is 32.2 Å². The number of nitrogens with two attached hydrogens (primary N) is 1. The Balaban J connectivity index is 2.09. The van der Waals surface area contributed by atoms with Gasteiger partial charge in [0, 0.05) is 26.3 Å². The molecule has 1 aliphatic heterocycles. The van der Waals surface area contributed by atoms with Crippen LogP contribution in [-0.2, 0) is 14.3 Å². The molecule has 0 aromatic carbocycles. The van der Waals surface area contributed by atoms with Gasteiger partial charge in [0.2, 0.25) is 5.91 Å². The highest BCUT2D eigenvalue weighted by Crippen LogP contribution is 2.14. The number of carbonyl (C=O) groups excluding carboxylic acids is 1. The van der Waals surface area contributed by atoms with Crippen molar-refractivity contribution in [2.45, 2.75) is 45.1 Å². The van der Waals surface area contributed by atoms with E-state index in [0.29, 0.717) is 13.2 Å². The lowest BCUT2D eigenvalue weighted by molar-refractivity contribution is -0.138. The molecule has 1 saturated heterocycles. The summed E-state index contributed by atoms with van der Waals surface area (Å²) in [6, 6.07) is 0. The average Bonchev–Trinajstić information content (AvgIpc) is 2.44. The first-order chi connectivity index (χ1) is 9.27. The van der Waals surface area contributed by atoms with E-state index in [0.717, 1.165) is 51.8 Å². The van der Waals surface area contributed by atoms with Gasteiger partial charge in [0.25, 0.3) is 0 Å². The summed E-state index contributed by atoms with van der Waals surface area (Å²) in [6.07, 6.45) is 5.15. The molecule has 1 rings (SSSR count). The second kappa shape index (κ2) is 10.2. The van der Waals surface area contributed by atoms with Crippen LogP contribution in [0, 0.1) is 0 Å². The van der Waals surface area contributed by atoms with Crippen molar-refractivity contribution in [1.82, 2.24) is 4.90 Å². The third kappa shape index (κ3) is 6.89. The minimum atomic E-state index is 0.108. The van der Waals surface area contributed by atoms with Crippen molar-refractivity contribution in [1.29, 1.82) is 0 Å². The van der Waals surface area contributed by atoms with Gasteiger partial charge in [-0.25, -0.2) is 0 Å². The Kier molecular flexibility index (Phi) is 8.79. The zero-order chi connectivity index (χ0) is 13.9. The molecule has 0 radical (unpaired) electrons. The molecule has 1 amide bonds. The Hall–Kier alpha value is -0.650. The Morgan fingerprint density at radius 1 is 1.26 bits per heavy atom. The fourth-order valence-electron chi connectivity index (χ4n) is 2.10. The SMILES string of the molecule is CCCCOCC(=O)N1CCC(OCCCN)CC1. The Morgan fingerprint density at radius 3 is 2.63 bits per heavy atom. The fourth-order valence-corrected chi connectivity index (χ4v) is 2.10. The van der Waals surface area contributed by atoms with Gasteiger partial charge >= 0.3 is 0 Å². The summed E-state index contributed by atoms with van der Waals surface area (Å²) in [6.45, 7) is 5.98. The van der Waals surface area contributed by atoms with Crippen LogP contribution in [0.15, 0.2) is 0 Å². The average molecular weight is 272 g/mol. The molecule has 19 heavy (non-hydrogen) atoms. The van der Waals surface area contributed by atoms with E-state index in [1.54, 1.807) is 0 Å².